The lowest BCUT2D eigenvalue weighted by Crippen LogP contribution is -2.28. The number of rotatable bonds is 3. The van der Waals surface area contributed by atoms with Crippen LogP contribution in [-0.2, 0) is 0 Å². The van der Waals surface area contributed by atoms with E-state index < -0.39 is 0 Å². The van der Waals surface area contributed by atoms with E-state index in [9.17, 15) is 4.79 Å². The molecule has 0 aliphatic heterocycles. The van der Waals surface area contributed by atoms with Crippen molar-refractivity contribution >= 4 is 11.7 Å². The molecule has 17 heavy (non-hydrogen) atoms. The summed E-state index contributed by atoms with van der Waals surface area (Å²) in [7, 11) is 0. The first kappa shape index (κ1) is 11.8. The topological polar surface area (TPSA) is 66.9 Å². The predicted octanol–water partition coefficient (Wildman–Crippen LogP) is 1.58. The second kappa shape index (κ2) is 4.31. The average Bonchev–Trinajstić information content (AvgIpc) is 2.99. The van der Waals surface area contributed by atoms with Crippen molar-refractivity contribution in [3.8, 4) is 0 Å². The van der Waals surface area contributed by atoms with Crippen molar-refractivity contribution in [1.82, 2.24) is 15.3 Å². The number of carbonyl (C=O) groups is 1. The summed E-state index contributed by atoms with van der Waals surface area (Å²) in [6.45, 7) is 6.12. The maximum Gasteiger partial charge on any atom is 0.270 e. The number of aromatic nitrogens is 2. The molecule has 5 heteroatoms. The van der Waals surface area contributed by atoms with Gasteiger partial charge in [-0.05, 0) is 33.6 Å². The molecule has 0 unspecified atom stereocenters. The summed E-state index contributed by atoms with van der Waals surface area (Å²) in [5, 5.41) is 6.12. The van der Waals surface area contributed by atoms with E-state index >= 15 is 0 Å². The van der Waals surface area contributed by atoms with Gasteiger partial charge in [0, 0.05) is 17.6 Å². The predicted molar refractivity (Wildman–Crippen MR) is 65.9 cm³/mol. The van der Waals surface area contributed by atoms with Crippen LogP contribution in [0.25, 0.3) is 0 Å². The summed E-state index contributed by atoms with van der Waals surface area (Å²) < 4.78 is 0. The minimum atomic E-state index is -0.119. The van der Waals surface area contributed by atoms with E-state index in [0.29, 0.717) is 17.6 Å². The zero-order chi connectivity index (χ0) is 12.5. The van der Waals surface area contributed by atoms with E-state index in [-0.39, 0.29) is 11.4 Å². The van der Waals surface area contributed by atoms with Crippen LogP contribution < -0.4 is 10.6 Å². The Bertz CT molecular complexity index is 421. The molecule has 0 spiro atoms. The van der Waals surface area contributed by atoms with E-state index in [1.807, 2.05) is 20.8 Å². The largest absolute Gasteiger partial charge is 0.365 e. The molecule has 2 N–H and O–H groups in total. The molecule has 0 saturated heterocycles. The van der Waals surface area contributed by atoms with E-state index in [1.165, 1.54) is 6.33 Å². The van der Waals surface area contributed by atoms with Gasteiger partial charge in [0.15, 0.2) is 0 Å². The molecular formula is C12H18N4O. The van der Waals surface area contributed by atoms with Gasteiger partial charge in [0.25, 0.3) is 5.91 Å². The fourth-order valence-electron chi connectivity index (χ4n) is 1.42. The molecule has 1 aliphatic carbocycles. The third kappa shape index (κ3) is 3.69. The summed E-state index contributed by atoms with van der Waals surface area (Å²) in [6, 6.07) is 2.03. The Morgan fingerprint density at radius 3 is 2.65 bits per heavy atom. The zero-order valence-electron chi connectivity index (χ0n) is 10.4. The first-order chi connectivity index (χ1) is 7.94. The summed E-state index contributed by atoms with van der Waals surface area (Å²) in [4.78, 5) is 19.9. The van der Waals surface area contributed by atoms with Gasteiger partial charge in [-0.25, -0.2) is 9.97 Å². The van der Waals surface area contributed by atoms with Gasteiger partial charge in [-0.2, -0.15) is 0 Å². The van der Waals surface area contributed by atoms with Crippen LogP contribution in [0.5, 0.6) is 0 Å². The third-order valence-corrected chi connectivity index (χ3v) is 2.32. The molecule has 1 heterocycles. The minimum absolute atomic E-state index is 0.0847. The van der Waals surface area contributed by atoms with Crippen molar-refractivity contribution in [2.75, 3.05) is 5.32 Å². The van der Waals surface area contributed by atoms with Crippen LogP contribution in [0.3, 0.4) is 0 Å². The highest BCUT2D eigenvalue weighted by atomic mass is 16.2. The summed E-state index contributed by atoms with van der Waals surface area (Å²) in [5.74, 6) is 0.556. The fraction of sp³-hybridized carbons (Fsp3) is 0.583. The molecule has 5 nitrogen and oxygen atoms in total. The second-order valence-electron chi connectivity index (χ2n) is 5.41. The fourth-order valence-corrected chi connectivity index (χ4v) is 1.42. The Morgan fingerprint density at radius 1 is 1.35 bits per heavy atom. The number of nitrogens with zero attached hydrogens (tertiary/aromatic N) is 2. The summed E-state index contributed by atoms with van der Waals surface area (Å²) >= 11 is 0. The van der Waals surface area contributed by atoms with Crippen molar-refractivity contribution in [1.29, 1.82) is 0 Å². The van der Waals surface area contributed by atoms with Gasteiger partial charge in [0.05, 0.1) is 0 Å². The number of carbonyl (C=O) groups excluding carboxylic acids is 1. The van der Waals surface area contributed by atoms with Crippen LogP contribution in [0.2, 0.25) is 0 Å². The maximum absolute atomic E-state index is 11.8. The van der Waals surface area contributed by atoms with Gasteiger partial charge in [-0.15, -0.1) is 0 Å². The van der Waals surface area contributed by atoms with Gasteiger partial charge >= 0.3 is 0 Å². The Balaban J connectivity index is 2.07. The first-order valence-electron chi connectivity index (χ1n) is 5.85. The normalized spacial score (nSPS) is 15.5. The molecule has 0 atom stereocenters. The van der Waals surface area contributed by atoms with Gasteiger partial charge < -0.3 is 10.6 Å². The second-order valence-corrected chi connectivity index (χ2v) is 5.41. The van der Waals surface area contributed by atoms with Gasteiger partial charge in [-0.1, -0.05) is 0 Å². The van der Waals surface area contributed by atoms with E-state index in [0.717, 1.165) is 12.8 Å². The monoisotopic (exact) mass is 234 g/mol. The lowest BCUT2D eigenvalue weighted by molar-refractivity contribution is 0.0946. The Hall–Kier alpha value is -1.65. The highest BCUT2D eigenvalue weighted by Gasteiger charge is 2.24. The van der Waals surface area contributed by atoms with Crippen LogP contribution in [-0.4, -0.2) is 27.5 Å². The third-order valence-electron chi connectivity index (χ3n) is 2.32. The molecular weight excluding hydrogens is 216 g/mol. The lowest BCUT2D eigenvalue weighted by Gasteiger charge is -2.21. The average molecular weight is 234 g/mol. The molecule has 92 valence electrons. The van der Waals surface area contributed by atoms with Crippen molar-refractivity contribution in [2.45, 2.75) is 45.2 Å². The summed E-state index contributed by atoms with van der Waals surface area (Å²) in [5.41, 5.74) is 0.331. The Kier molecular flexibility index (Phi) is 3.00. The molecule has 0 radical (unpaired) electrons. The standard InChI is InChI=1S/C12H18N4O/c1-12(2,3)16-10-6-9(13-7-14-10)11(17)15-8-4-5-8/h6-8H,4-5H2,1-3H3,(H,15,17)(H,13,14,16). The van der Waals surface area contributed by atoms with Crippen LogP contribution >= 0.6 is 0 Å². The SMILES string of the molecule is CC(C)(C)Nc1cc(C(=O)NC2CC2)ncn1. The van der Waals surface area contributed by atoms with E-state index in [2.05, 4.69) is 20.6 Å². The Labute approximate surface area is 101 Å². The van der Waals surface area contributed by atoms with Crippen LogP contribution in [0.1, 0.15) is 44.1 Å². The number of anilines is 1. The number of hydrogen-bond donors (Lipinski definition) is 2. The maximum atomic E-state index is 11.8. The highest BCUT2D eigenvalue weighted by Crippen LogP contribution is 2.19. The van der Waals surface area contributed by atoms with Crippen molar-refractivity contribution in [3.05, 3.63) is 18.1 Å². The van der Waals surface area contributed by atoms with Gasteiger partial charge in [0.1, 0.15) is 17.8 Å². The van der Waals surface area contributed by atoms with Crippen molar-refractivity contribution in [2.24, 2.45) is 0 Å². The molecule has 2 rings (SSSR count). The van der Waals surface area contributed by atoms with Gasteiger partial charge in [-0.3, -0.25) is 4.79 Å². The van der Waals surface area contributed by atoms with Crippen molar-refractivity contribution in [3.63, 3.8) is 0 Å². The van der Waals surface area contributed by atoms with Crippen LogP contribution in [0.15, 0.2) is 12.4 Å². The smallest absolute Gasteiger partial charge is 0.270 e. The Morgan fingerprint density at radius 2 is 2.06 bits per heavy atom. The van der Waals surface area contributed by atoms with Crippen molar-refractivity contribution < 1.29 is 4.79 Å². The number of nitrogens with one attached hydrogen (secondary N) is 2. The molecule has 1 saturated carbocycles. The van der Waals surface area contributed by atoms with Crippen LogP contribution in [0, 0.1) is 0 Å². The summed E-state index contributed by atoms with van der Waals surface area (Å²) in [6.07, 6.45) is 3.56. The molecule has 0 bridgehead atoms. The number of amides is 1. The number of hydrogen-bond acceptors (Lipinski definition) is 4. The lowest BCUT2D eigenvalue weighted by atomic mass is 10.1. The highest BCUT2D eigenvalue weighted by molar-refractivity contribution is 5.93. The minimum Gasteiger partial charge on any atom is -0.365 e. The zero-order valence-corrected chi connectivity index (χ0v) is 10.4. The van der Waals surface area contributed by atoms with Crippen LogP contribution in [0.4, 0.5) is 5.82 Å². The molecule has 1 amide bonds. The molecule has 0 aromatic carbocycles. The molecule has 1 aromatic rings. The quantitative estimate of drug-likeness (QED) is 0.833. The molecule has 1 aliphatic rings. The van der Waals surface area contributed by atoms with Gasteiger partial charge in [0.2, 0.25) is 0 Å². The van der Waals surface area contributed by atoms with E-state index in [4.69, 9.17) is 0 Å². The molecule has 1 aromatic heterocycles. The van der Waals surface area contributed by atoms with E-state index in [1.54, 1.807) is 6.07 Å². The molecule has 1 fully saturated rings. The first-order valence-corrected chi connectivity index (χ1v) is 5.85.